The van der Waals surface area contributed by atoms with E-state index in [0.29, 0.717) is 5.92 Å². The standard InChI is InChI=1S/C14H21NO3/c1-16-11-6-7-12(17-2)14(18-3)13(11)10-5-4-8-15-9-10/h6-7,10,15H,4-5,8-9H2,1-3H3. The van der Waals surface area contributed by atoms with E-state index in [1.54, 1.807) is 21.3 Å². The minimum Gasteiger partial charge on any atom is -0.496 e. The Hall–Kier alpha value is -1.42. The van der Waals surface area contributed by atoms with E-state index in [1.165, 1.54) is 6.42 Å². The van der Waals surface area contributed by atoms with E-state index in [4.69, 9.17) is 14.2 Å². The second kappa shape index (κ2) is 5.96. The van der Waals surface area contributed by atoms with Gasteiger partial charge >= 0.3 is 0 Å². The molecule has 18 heavy (non-hydrogen) atoms. The third-order valence-electron chi connectivity index (χ3n) is 3.47. The van der Waals surface area contributed by atoms with Crippen LogP contribution in [0.25, 0.3) is 0 Å². The fourth-order valence-electron chi connectivity index (χ4n) is 2.60. The van der Waals surface area contributed by atoms with E-state index < -0.39 is 0 Å². The number of benzene rings is 1. The molecule has 0 radical (unpaired) electrons. The van der Waals surface area contributed by atoms with E-state index in [2.05, 4.69) is 5.32 Å². The van der Waals surface area contributed by atoms with Crippen LogP contribution in [-0.4, -0.2) is 34.4 Å². The van der Waals surface area contributed by atoms with Crippen molar-refractivity contribution in [3.8, 4) is 17.2 Å². The lowest BCUT2D eigenvalue weighted by Gasteiger charge is -2.27. The van der Waals surface area contributed by atoms with Crippen LogP contribution in [0.2, 0.25) is 0 Å². The van der Waals surface area contributed by atoms with E-state index >= 15 is 0 Å². The summed E-state index contributed by atoms with van der Waals surface area (Å²) in [6.45, 7) is 2.05. The van der Waals surface area contributed by atoms with Crippen molar-refractivity contribution < 1.29 is 14.2 Å². The molecule has 1 unspecified atom stereocenters. The van der Waals surface area contributed by atoms with Crippen LogP contribution in [0.3, 0.4) is 0 Å². The monoisotopic (exact) mass is 251 g/mol. The molecule has 0 aromatic heterocycles. The number of methoxy groups -OCH3 is 3. The van der Waals surface area contributed by atoms with Crippen LogP contribution in [0.15, 0.2) is 12.1 Å². The van der Waals surface area contributed by atoms with Gasteiger partial charge in [0, 0.05) is 18.0 Å². The summed E-state index contributed by atoms with van der Waals surface area (Å²) in [5.74, 6) is 2.85. The highest BCUT2D eigenvalue weighted by atomic mass is 16.5. The Kier molecular flexibility index (Phi) is 4.31. The third-order valence-corrected chi connectivity index (χ3v) is 3.47. The lowest BCUT2D eigenvalue weighted by molar-refractivity contribution is 0.333. The summed E-state index contributed by atoms with van der Waals surface area (Å²) >= 11 is 0. The van der Waals surface area contributed by atoms with E-state index in [0.717, 1.165) is 42.3 Å². The van der Waals surface area contributed by atoms with E-state index in [9.17, 15) is 0 Å². The zero-order chi connectivity index (χ0) is 13.0. The third kappa shape index (κ3) is 2.38. The van der Waals surface area contributed by atoms with Crippen molar-refractivity contribution in [2.75, 3.05) is 34.4 Å². The molecule has 1 heterocycles. The highest BCUT2D eigenvalue weighted by molar-refractivity contribution is 5.55. The zero-order valence-corrected chi connectivity index (χ0v) is 11.3. The topological polar surface area (TPSA) is 39.7 Å². The number of piperidine rings is 1. The molecule has 0 amide bonds. The summed E-state index contributed by atoms with van der Waals surface area (Å²) in [6.07, 6.45) is 2.32. The van der Waals surface area contributed by atoms with Crippen molar-refractivity contribution in [2.24, 2.45) is 0 Å². The van der Waals surface area contributed by atoms with Gasteiger partial charge in [-0.1, -0.05) is 0 Å². The average molecular weight is 251 g/mol. The van der Waals surface area contributed by atoms with Gasteiger partial charge < -0.3 is 19.5 Å². The molecule has 0 spiro atoms. The number of hydrogen-bond acceptors (Lipinski definition) is 4. The van der Waals surface area contributed by atoms with Gasteiger partial charge in [0.2, 0.25) is 0 Å². The van der Waals surface area contributed by atoms with Crippen molar-refractivity contribution >= 4 is 0 Å². The maximum Gasteiger partial charge on any atom is 0.167 e. The van der Waals surface area contributed by atoms with Crippen molar-refractivity contribution in [3.05, 3.63) is 17.7 Å². The second-order valence-corrected chi connectivity index (χ2v) is 4.46. The fraction of sp³-hybridized carbons (Fsp3) is 0.571. The molecule has 1 N–H and O–H groups in total. The summed E-state index contributed by atoms with van der Waals surface area (Å²) in [5, 5.41) is 3.42. The van der Waals surface area contributed by atoms with Gasteiger partial charge in [0.25, 0.3) is 0 Å². The smallest absolute Gasteiger partial charge is 0.167 e. The Balaban J connectivity index is 2.45. The molecular formula is C14H21NO3. The predicted molar refractivity (Wildman–Crippen MR) is 70.9 cm³/mol. The zero-order valence-electron chi connectivity index (χ0n) is 11.3. The number of nitrogens with one attached hydrogen (secondary N) is 1. The van der Waals surface area contributed by atoms with E-state index in [1.807, 2.05) is 12.1 Å². The SMILES string of the molecule is COc1ccc(OC)c(C2CCCNC2)c1OC. The van der Waals surface area contributed by atoms with Crippen molar-refractivity contribution in [3.63, 3.8) is 0 Å². The number of hydrogen-bond donors (Lipinski definition) is 1. The normalized spacial score (nSPS) is 19.4. The highest BCUT2D eigenvalue weighted by Crippen LogP contribution is 2.43. The lowest BCUT2D eigenvalue weighted by atomic mass is 9.90. The molecule has 1 aliphatic rings. The first kappa shape index (κ1) is 13.0. The Morgan fingerprint density at radius 3 is 2.33 bits per heavy atom. The minimum absolute atomic E-state index is 0.416. The van der Waals surface area contributed by atoms with Crippen LogP contribution in [0, 0.1) is 0 Å². The van der Waals surface area contributed by atoms with Crippen molar-refractivity contribution in [1.82, 2.24) is 5.32 Å². The molecule has 0 saturated carbocycles. The first-order valence-corrected chi connectivity index (χ1v) is 6.31. The Morgan fingerprint density at radius 1 is 1.06 bits per heavy atom. The van der Waals surface area contributed by atoms with Gasteiger partial charge in [-0.05, 0) is 31.5 Å². The number of rotatable bonds is 4. The molecule has 4 nitrogen and oxygen atoms in total. The Morgan fingerprint density at radius 2 is 1.78 bits per heavy atom. The molecule has 1 fully saturated rings. The first-order valence-electron chi connectivity index (χ1n) is 6.31. The van der Waals surface area contributed by atoms with Gasteiger partial charge in [-0.15, -0.1) is 0 Å². The maximum atomic E-state index is 5.53. The molecule has 1 aromatic rings. The summed E-state index contributed by atoms with van der Waals surface area (Å²) in [4.78, 5) is 0. The van der Waals surface area contributed by atoms with Gasteiger partial charge in [0.15, 0.2) is 11.5 Å². The summed E-state index contributed by atoms with van der Waals surface area (Å²) in [5.41, 5.74) is 1.12. The van der Waals surface area contributed by atoms with Crippen molar-refractivity contribution in [2.45, 2.75) is 18.8 Å². The Bertz CT molecular complexity index is 400. The van der Waals surface area contributed by atoms with Crippen LogP contribution in [0.4, 0.5) is 0 Å². The maximum absolute atomic E-state index is 5.53. The summed E-state index contributed by atoms with van der Waals surface area (Å²) in [7, 11) is 5.03. The van der Waals surface area contributed by atoms with E-state index in [-0.39, 0.29) is 0 Å². The molecule has 0 aliphatic carbocycles. The highest BCUT2D eigenvalue weighted by Gasteiger charge is 2.25. The van der Waals surface area contributed by atoms with Crippen LogP contribution in [-0.2, 0) is 0 Å². The van der Waals surface area contributed by atoms with Crippen LogP contribution in [0.5, 0.6) is 17.2 Å². The van der Waals surface area contributed by atoms with Gasteiger partial charge in [0.05, 0.1) is 21.3 Å². The van der Waals surface area contributed by atoms with Gasteiger partial charge in [-0.3, -0.25) is 0 Å². The Labute approximate surface area is 108 Å². The largest absolute Gasteiger partial charge is 0.496 e. The second-order valence-electron chi connectivity index (χ2n) is 4.46. The molecule has 0 bridgehead atoms. The number of ether oxygens (including phenoxy) is 3. The van der Waals surface area contributed by atoms with Crippen LogP contribution >= 0.6 is 0 Å². The fourth-order valence-corrected chi connectivity index (χ4v) is 2.60. The predicted octanol–water partition coefficient (Wildman–Crippen LogP) is 2.18. The van der Waals surface area contributed by atoms with Crippen LogP contribution < -0.4 is 19.5 Å². The molecular weight excluding hydrogens is 230 g/mol. The summed E-state index contributed by atoms with van der Waals surface area (Å²) in [6, 6.07) is 3.84. The molecule has 1 atom stereocenters. The lowest BCUT2D eigenvalue weighted by Crippen LogP contribution is -2.28. The molecule has 4 heteroatoms. The molecule has 100 valence electrons. The van der Waals surface area contributed by atoms with Gasteiger partial charge in [-0.2, -0.15) is 0 Å². The molecule has 1 saturated heterocycles. The molecule has 2 rings (SSSR count). The molecule has 1 aliphatic heterocycles. The minimum atomic E-state index is 0.416. The van der Waals surface area contributed by atoms with Crippen LogP contribution in [0.1, 0.15) is 24.3 Å². The van der Waals surface area contributed by atoms with Crippen molar-refractivity contribution in [1.29, 1.82) is 0 Å². The first-order chi connectivity index (χ1) is 8.81. The van der Waals surface area contributed by atoms with Gasteiger partial charge in [0.1, 0.15) is 5.75 Å². The quantitative estimate of drug-likeness (QED) is 0.890. The average Bonchev–Trinajstić information content (AvgIpc) is 2.46. The molecule has 1 aromatic carbocycles. The van der Waals surface area contributed by atoms with Gasteiger partial charge in [-0.25, -0.2) is 0 Å². The summed E-state index contributed by atoms with van der Waals surface area (Å²) < 4.78 is 16.4.